The fourth-order valence-corrected chi connectivity index (χ4v) is 1.61. The van der Waals surface area contributed by atoms with Crippen LogP contribution in [0, 0.1) is 0 Å². The molecule has 1 rings (SSSR count). The van der Waals surface area contributed by atoms with Crippen molar-refractivity contribution in [1.82, 2.24) is 5.32 Å². The van der Waals surface area contributed by atoms with Gasteiger partial charge in [0.05, 0.1) is 6.61 Å². The van der Waals surface area contributed by atoms with Crippen LogP contribution in [-0.2, 0) is 16.0 Å². The highest BCUT2D eigenvalue weighted by Gasteiger charge is 2.13. The lowest BCUT2D eigenvalue weighted by molar-refractivity contribution is -0.141. The molecule has 0 spiro atoms. The van der Waals surface area contributed by atoms with Gasteiger partial charge in [-0.2, -0.15) is 0 Å². The molecule has 2 N–H and O–H groups in total. The smallest absolute Gasteiger partial charge is 0.325 e. The van der Waals surface area contributed by atoms with E-state index in [1.54, 1.807) is 0 Å². The Bertz CT molecular complexity index is 442. The Kier molecular flexibility index (Phi) is 6.56. The van der Waals surface area contributed by atoms with Crippen LogP contribution in [0.4, 0.5) is 0 Å². The molecule has 5 nitrogen and oxygen atoms in total. The van der Waals surface area contributed by atoms with Gasteiger partial charge in [0, 0.05) is 6.42 Å². The van der Waals surface area contributed by atoms with Crippen molar-refractivity contribution in [3.8, 4) is 5.75 Å². The van der Waals surface area contributed by atoms with Crippen LogP contribution in [0.3, 0.4) is 0 Å². The minimum absolute atomic E-state index is 0.258. The van der Waals surface area contributed by atoms with E-state index < -0.39 is 12.0 Å². The van der Waals surface area contributed by atoms with Crippen molar-refractivity contribution in [3.05, 3.63) is 29.8 Å². The van der Waals surface area contributed by atoms with Crippen LogP contribution in [0.25, 0.3) is 0 Å². The Morgan fingerprint density at radius 3 is 2.50 bits per heavy atom. The van der Waals surface area contributed by atoms with Crippen molar-refractivity contribution in [2.75, 3.05) is 6.61 Å². The van der Waals surface area contributed by atoms with E-state index in [0.717, 1.165) is 17.7 Å². The fourth-order valence-electron chi connectivity index (χ4n) is 1.61. The summed E-state index contributed by atoms with van der Waals surface area (Å²) in [5.74, 6) is -0.471. The molecule has 0 fully saturated rings. The van der Waals surface area contributed by atoms with Gasteiger partial charge in [-0.25, -0.2) is 0 Å². The van der Waals surface area contributed by atoms with Crippen molar-refractivity contribution in [2.24, 2.45) is 0 Å². The number of hydrogen-bond donors (Lipinski definition) is 2. The monoisotopic (exact) mass is 279 g/mol. The number of nitrogens with one attached hydrogen (secondary N) is 1. The van der Waals surface area contributed by atoms with Crippen LogP contribution in [-0.4, -0.2) is 29.6 Å². The van der Waals surface area contributed by atoms with E-state index in [4.69, 9.17) is 9.84 Å². The second-order valence-corrected chi connectivity index (χ2v) is 4.62. The van der Waals surface area contributed by atoms with Crippen molar-refractivity contribution in [3.63, 3.8) is 0 Å². The lowest BCUT2D eigenvalue weighted by atomic mass is 10.1. The summed E-state index contributed by atoms with van der Waals surface area (Å²) in [7, 11) is 0. The molecule has 1 aromatic rings. The maximum Gasteiger partial charge on any atom is 0.325 e. The van der Waals surface area contributed by atoms with Crippen molar-refractivity contribution in [1.29, 1.82) is 0 Å². The van der Waals surface area contributed by atoms with E-state index >= 15 is 0 Å². The van der Waals surface area contributed by atoms with E-state index in [-0.39, 0.29) is 12.3 Å². The van der Waals surface area contributed by atoms with Crippen molar-refractivity contribution >= 4 is 11.9 Å². The standard InChI is InChI=1S/C15H21NO4/c1-3-10-20-13-7-4-12(5-8-13)6-9-14(17)16-11(2)15(18)19/h4-5,7-8,11H,3,6,9-10H2,1-2H3,(H,16,17)(H,18,19)/t11-/m1/s1. The summed E-state index contributed by atoms with van der Waals surface area (Å²) in [6.07, 6.45) is 1.81. The lowest BCUT2D eigenvalue weighted by Gasteiger charge is -2.09. The van der Waals surface area contributed by atoms with E-state index in [0.29, 0.717) is 13.0 Å². The van der Waals surface area contributed by atoms with Crippen LogP contribution in [0.2, 0.25) is 0 Å². The second kappa shape index (κ2) is 8.19. The summed E-state index contributed by atoms with van der Waals surface area (Å²) in [6, 6.07) is 6.73. The highest BCUT2D eigenvalue weighted by molar-refractivity contribution is 5.83. The highest BCUT2D eigenvalue weighted by Crippen LogP contribution is 2.13. The molecule has 0 aromatic heterocycles. The van der Waals surface area contributed by atoms with Crippen LogP contribution < -0.4 is 10.1 Å². The maximum atomic E-state index is 11.5. The van der Waals surface area contributed by atoms with Gasteiger partial charge in [0.25, 0.3) is 0 Å². The van der Waals surface area contributed by atoms with Crippen molar-refractivity contribution in [2.45, 2.75) is 39.2 Å². The molecule has 5 heteroatoms. The molecule has 20 heavy (non-hydrogen) atoms. The Morgan fingerprint density at radius 2 is 1.95 bits per heavy atom. The van der Waals surface area contributed by atoms with Crippen LogP contribution in [0.1, 0.15) is 32.3 Å². The first kappa shape index (κ1) is 16.0. The molecule has 0 aliphatic heterocycles. The first-order valence-electron chi connectivity index (χ1n) is 6.76. The molecule has 110 valence electrons. The molecule has 0 saturated carbocycles. The number of carbonyl (C=O) groups excluding carboxylic acids is 1. The summed E-state index contributed by atoms with van der Waals surface area (Å²) in [4.78, 5) is 22.1. The summed E-state index contributed by atoms with van der Waals surface area (Å²) in [5, 5.41) is 11.1. The molecule has 1 atom stereocenters. The largest absolute Gasteiger partial charge is 0.494 e. The molecule has 0 unspecified atom stereocenters. The zero-order valence-electron chi connectivity index (χ0n) is 11.9. The number of carboxylic acids is 1. The van der Waals surface area contributed by atoms with Gasteiger partial charge in [-0.05, 0) is 37.5 Å². The molecule has 1 amide bonds. The van der Waals surface area contributed by atoms with Gasteiger partial charge in [-0.3, -0.25) is 9.59 Å². The van der Waals surface area contributed by atoms with Gasteiger partial charge in [0.15, 0.2) is 0 Å². The zero-order chi connectivity index (χ0) is 15.0. The summed E-state index contributed by atoms with van der Waals surface area (Å²) >= 11 is 0. The van der Waals surface area contributed by atoms with Crippen LogP contribution in [0.15, 0.2) is 24.3 Å². The summed E-state index contributed by atoms with van der Waals surface area (Å²) in [6.45, 7) is 4.18. The number of aliphatic carboxylic acids is 1. The molecule has 0 saturated heterocycles. The second-order valence-electron chi connectivity index (χ2n) is 4.62. The number of rotatable bonds is 8. The van der Waals surface area contributed by atoms with Gasteiger partial charge < -0.3 is 15.2 Å². The number of aryl methyl sites for hydroxylation is 1. The van der Waals surface area contributed by atoms with E-state index in [1.165, 1.54) is 6.92 Å². The Balaban J connectivity index is 2.38. The topological polar surface area (TPSA) is 75.6 Å². The lowest BCUT2D eigenvalue weighted by Crippen LogP contribution is -2.38. The number of benzene rings is 1. The van der Waals surface area contributed by atoms with Gasteiger partial charge in [-0.15, -0.1) is 0 Å². The third-order valence-corrected chi connectivity index (χ3v) is 2.78. The average molecular weight is 279 g/mol. The molecular formula is C15H21NO4. The van der Waals surface area contributed by atoms with E-state index in [1.807, 2.05) is 31.2 Å². The number of hydrogen-bond acceptors (Lipinski definition) is 3. The third-order valence-electron chi connectivity index (χ3n) is 2.78. The van der Waals surface area contributed by atoms with E-state index in [9.17, 15) is 9.59 Å². The number of carboxylic acid groups (broad SMARTS) is 1. The normalized spacial score (nSPS) is 11.7. The number of carbonyl (C=O) groups is 2. The van der Waals surface area contributed by atoms with Gasteiger partial charge >= 0.3 is 5.97 Å². The molecule has 1 aromatic carbocycles. The summed E-state index contributed by atoms with van der Waals surface area (Å²) in [5.41, 5.74) is 1.02. The first-order chi connectivity index (χ1) is 9.52. The molecular weight excluding hydrogens is 258 g/mol. The average Bonchev–Trinajstić information content (AvgIpc) is 2.43. The predicted octanol–water partition coefficient (Wildman–Crippen LogP) is 2.00. The Morgan fingerprint density at radius 1 is 1.30 bits per heavy atom. The van der Waals surface area contributed by atoms with Crippen LogP contribution >= 0.6 is 0 Å². The quantitative estimate of drug-likeness (QED) is 0.763. The Hall–Kier alpha value is -2.04. The minimum Gasteiger partial charge on any atom is -0.494 e. The molecule has 0 bridgehead atoms. The molecule has 0 heterocycles. The highest BCUT2D eigenvalue weighted by atomic mass is 16.5. The summed E-state index contributed by atoms with van der Waals surface area (Å²) < 4.78 is 5.47. The SMILES string of the molecule is CCCOc1ccc(CCC(=O)N[C@H](C)C(=O)O)cc1. The molecule has 0 aliphatic rings. The maximum absolute atomic E-state index is 11.5. The van der Waals surface area contributed by atoms with Crippen LogP contribution in [0.5, 0.6) is 5.75 Å². The predicted molar refractivity (Wildman–Crippen MR) is 75.8 cm³/mol. The van der Waals surface area contributed by atoms with Gasteiger partial charge in [-0.1, -0.05) is 19.1 Å². The number of ether oxygens (including phenoxy) is 1. The van der Waals surface area contributed by atoms with Crippen molar-refractivity contribution < 1.29 is 19.4 Å². The molecule has 0 radical (unpaired) electrons. The Labute approximate surface area is 118 Å². The van der Waals surface area contributed by atoms with Gasteiger partial charge in [0.2, 0.25) is 5.91 Å². The minimum atomic E-state index is -1.03. The first-order valence-corrected chi connectivity index (χ1v) is 6.76. The van der Waals surface area contributed by atoms with Gasteiger partial charge in [0.1, 0.15) is 11.8 Å². The fraction of sp³-hybridized carbons (Fsp3) is 0.467. The zero-order valence-corrected chi connectivity index (χ0v) is 11.9. The number of amides is 1. The van der Waals surface area contributed by atoms with E-state index in [2.05, 4.69) is 5.32 Å². The molecule has 0 aliphatic carbocycles. The third kappa shape index (κ3) is 5.73.